The Hall–Kier alpha value is -0.870. The van der Waals surface area contributed by atoms with Gasteiger partial charge in [0.15, 0.2) is 0 Å². The molecular formula is C14H26N2O2. The summed E-state index contributed by atoms with van der Waals surface area (Å²) in [6.45, 7) is 9.12. The van der Waals surface area contributed by atoms with Gasteiger partial charge in [-0.3, -0.25) is 4.79 Å². The van der Waals surface area contributed by atoms with E-state index in [-0.39, 0.29) is 5.91 Å². The second kappa shape index (κ2) is 7.54. The molecule has 1 heterocycles. The lowest BCUT2D eigenvalue weighted by atomic mass is 9.99. The minimum absolute atomic E-state index is 0.124. The molecule has 0 aliphatic carbocycles. The van der Waals surface area contributed by atoms with Gasteiger partial charge >= 0.3 is 0 Å². The Morgan fingerprint density at radius 3 is 2.61 bits per heavy atom. The van der Waals surface area contributed by atoms with Crippen molar-refractivity contribution in [2.24, 2.45) is 5.92 Å². The van der Waals surface area contributed by atoms with Crippen LogP contribution in [-0.4, -0.2) is 48.2 Å². The summed E-state index contributed by atoms with van der Waals surface area (Å²) in [5.41, 5.74) is 0.965. The van der Waals surface area contributed by atoms with Crippen LogP contribution in [0.2, 0.25) is 0 Å². The smallest absolute Gasteiger partial charge is 0.244 e. The van der Waals surface area contributed by atoms with Gasteiger partial charge in [0.1, 0.15) is 0 Å². The monoisotopic (exact) mass is 254 g/mol. The van der Waals surface area contributed by atoms with Crippen molar-refractivity contribution < 1.29 is 9.90 Å². The summed E-state index contributed by atoms with van der Waals surface area (Å²) in [6, 6.07) is 0. The molecule has 0 bridgehead atoms. The molecule has 1 aliphatic rings. The van der Waals surface area contributed by atoms with Crippen LogP contribution in [0, 0.1) is 5.92 Å². The number of β-amino-alcohol motifs (C(OH)–C–C–N with tert-alkyl or cyclic N) is 1. The number of carbonyl (C=O) groups is 1. The zero-order valence-corrected chi connectivity index (χ0v) is 11.8. The highest BCUT2D eigenvalue weighted by Gasteiger charge is 2.18. The first kappa shape index (κ1) is 15.2. The second-order valence-electron chi connectivity index (χ2n) is 5.60. The van der Waals surface area contributed by atoms with Crippen molar-refractivity contribution in [2.45, 2.75) is 39.7 Å². The maximum Gasteiger partial charge on any atom is 0.244 e. The van der Waals surface area contributed by atoms with Gasteiger partial charge in [-0.25, -0.2) is 0 Å². The molecule has 18 heavy (non-hydrogen) atoms. The molecule has 1 fully saturated rings. The first-order valence-corrected chi connectivity index (χ1v) is 6.80. The number of aliphatic hydroxyl groups is 1. The molecule has 2 N–H and O–H groups in total. The van der Waals surface area contributed by atoms with E-state index >= 15 is 0 Å². The van der Waals surface area contributed by atoms with Gasteiger partial charge in [0.25, 0.3) is 0 Å². The maximum atomic E-state index is 11.4. The number of aliphatic hydroxyl groups excluding tert-OH is 1. The molecule has 1 unspecified atom stereocenters. The number of nitrogens with zero attached hydrogens (tertiary/aromatic N) is 1. The molecule has 104 valence electrons. The molecule has 0 saturated carbocycles. The van der Waals surface area contributed by atoms with E-state index in [9.17, 15) is 9.90 Å². The predicted octanol–water partition coefficient (Wildman–Crippen LogP) is 1.16. The highest BCUT2D eigenvalue weighted by molar-refractivity contribution is 5.88. The minimum atomic E-state index is -0.479. The lowest BCUT2D eigenvalue weighted by Gasteiger charge is -2.31. The number of rotatable bonds is 5. The molecule has 4 nitrogen and oxygen atoms in total. The van der Waals surface area contributed by atoms with E-state index in [1.54, 1.807) is 6.08 Å². The molecule has 1 saturated heterocycles. The third kappa shape index (κ3) is 6.17. The third-order valence-electron chi connectivity index (χ3n) is 3.28. The van der Waals surface area contributed by atoms with Crippen LogP contribution in [0.4, 0.5) is 0 Å². The van der Waals surface area contributed by atoms with Crippen LogP contribution >= 0.6 is 0 Å². The Kier molecular flexibility index (Phi) is 6.36. The van der Waals surface area contributed by atoms with E-state index in [0.717, 1.165) is 24.6 Å². The zero-order chi connectivity index (χ0) is 13.5. The van der Waals surface area contributed by atoms with Crippen molar-refractivity contribution >= 4 is 5.91 Å². The zero-order valence-electron chi connectivity index (χ0n) is 11.8. The van der Waals surface area contributed by atoms with Gasteiger partial charge < -0.3 is 15.3 Å². The predicted molar refractivity (Wildman–Crippen MR) is 73.3 cm³/mol. The van der Waals surface area contributed by atoms with Crippen molar-refractivity contribution in [3.05, 3.63) is 11.6 Å². The molecule has 4 heteroatoms. The van der Waals surface area contributed by atoms with Gasteiger partial charge in [0, 0.05) is 19.2 Å². The van der Waals surface area contributed by atoms with Gasteiger partial charge in [-0.2, -0.15) is 0 Å². The number of carbonyl (C=O) groups excluding carboxylic acids is 1. The third-order valence-corrected chi connectivity index (χ3v) is 3.28. The molecule has 1 aliphatic heterocycles. The molecule has 0 radical (unpaired) electrons. The molecule has 1 atom stereocenters. The number of nitrogens with one attached hydrogen (secondary N) is 1. The van der Waals surface area contributed by atoms with Gasteiger partial charge in [-0.05, 0) is 45.7 Å². The SMILES string of the molecule is CC(C)=CC(=O)NCC(O)CN1CCC(C)CC1. The molecule has 1 rings (SSSR count). The molecule has 1 amide bonds. The van der Waals surface area contributed by atoms with Gasteiger partial charge in [0.2, 0.25) is 5.91 Å². The lowest BCUT2D eigenvalue weighted by Crippen LogP contribution is -2.42. The Labute approximate surface area is 110 Å². The number of hydrogen-bond acceptors (Lipinski definition) is 3. The molecule has 0 spiro atoms. The fraction of sp³-hybridized carbons (Fsp3) is 0.786. The topological polar surface area (TPSA) is 52.6 Å². The summed E-state index contributed by atoms with van der Waals surface area (Å²) in [4.78, 5) is 13.7. The molecule has 0 aromatic rings. The van der Waals surface area contributed by atoms with E-state index in [2.05, 4.69) is 17.1 Å². The van der Waals surface area contributed by atoms with Crippen molar-refractivity contribution in [3.8, 4) is 0 Å². The van der Waals surface area contributed by atoms with Crippen LogP contribution in [0.25, 0.3) is 0 Å². The summed E-state index contributed by atoms with van der Waals surface area (Å²) in [7, 11) is 0. The van der Waals surface area contributed by atoms with E-state index in [4.69, 9.17) is 0 Å². The van der Waals surface area contributed by atoms with Crippen molar-refractivity contribution in [3.63, 3.8) is 0 Å². The summed E-state index contributed by atoms with van der Waals surface area (Å²) in [6.07, 6.45) is 3.48. The molecule has 0 aromatic carbocycles. The summed E-state index contributed by atoms with van der Waals surface area (Å²) < 4.78 is 0. The van der Waals surface area contributed by atoms with Crippen molar-refractivity contribution in [1.29, 1.82) is 0 Å². The number of hydrogen-bond donors (Lipinski definition) is 2. The molecular weight excluding hydrogens is 228 g/mol. The van der Waals surface area contributed by atoms with Crippen molar-refractivity contribution in [2.75, 3.05) is 26.2 Å². The summed E-state index contributed by atoms with van der Waals surface area (Å²) >= 11 is 0. The van der Waals surface area contributed by atoms with E-state index in [0.29, 0.717) is 13.1 Å². The summed E-state index contributed by atoms with van der Waals surface area (Å²) in [5, 5.41) is 12.6. The van der Waals surface area contributed by atoms with Crippen LogP contribution in [-0.2, 0) is 4.79 Å². The first-order chi connectivity index (χ1) is 8.47. The highest BCUT2D eigenvalue weighted by atomic mass is 16.3. The van der Waals surface area contributed by atoms with Crippen LogP contribution in [0.1, 0.15) is 33.6 Å². The lowest BCUT2D eigenvalue weighted by molar-refractivity contribution is -0.117. The average Bonchev–Trinajstić information content (AvgIpc) is 2.29. The summed E-state index contributed by atoms with van der Waals surface area (Å²) in [5.74, 6) is 0.678. The molecule has 0 aromatic heterocycles. The van der Waals surface area contributed by atoms with E-state index in [1.807, 2.05) is 13.8 Å². The first-order valence-electron chi connectivity index (χ1n) is 6.80. The standard InChI is InChI=1S/C14H26N2O2/c1-11(2)8-14(18)15-9-13(17)10-16-6-4-12(3)5-7-16/h8,12-13,17H,4-7,9-10H2,1-3H3,(H,15,18). The number of likely N-dealkylation sites (tertiary alicyclic amines) is 1. The van der Waals surface area contributed by atoms with Crippen molar-refractivity contribution in [1.82, 2.24) is 10.2 Å². The van der Waals surface area contributed by atoms with Crippen LogP contribution < -0.4 is 5.32 Å². The average molecular weight is 254 g/mol. The number of piperidine rings is 1. The van der Waals surface area contributed by atoms with E-state index < -0.39 is 6.10 Å². The fourth-order valence-electron chi connectivity index (χ4n) is 2.14. The van der Waals surface area contributed by atoms with Crippen LogP contribution in [0.5, 0.6) is 0 Å². The highest BCUT2D eigenvalue weighted by Crippen LogP contribution is 2.15. The van der Waals surface area contributed by atoms with Gasteiger partial charge in [-0.15, -0.1) is 0 Å². The largest absolute Gasteiger partial charge is 0.390 e. The number of amides is 1. The van der Waals surface area contributed by atoms with Gasteiger partial charge in [-0.1, -0.05) is 12.5 Å². The Morgan fingerprint density at radius 2 is 2.06 bits per heavy atom. The normalized spacial score (nSPS) is 19.3. The van der Waals surface area contributed by atoms with Gasteiger partial charge in [0.05, 0.1) is 6.10 Å². The quantitative estimate of drug-likeness (QED) is 0.724. The Morgan fingerprint density at radius 1 is 1.44 bits per heavy atom. The van der Waals surface area contributed by atoms with Crippen LogP contribution in [0.3, 0.4) is 0 Å². The fourth-order valence-corrected chi connectivity index (χ4v) is 2.14. The van der Waals surface area contributed by atoms with Crippen LogP contribution in [0.15, 0.2) is 11.6 Å². The Balaban J connectivity index is 2.19. The number of allylic oxidation sites excluding steroid dienone is 1. The second-order valence-corrected chi connectivity index (χ2v) is 5.60. The minimum Gasteiger partial charge on any atom is -0.390 e. The maximum absolute atomic E-state index is 11.4. The van der Waals surface area contributed by atoms with E-state index in [1.165, 1.54) is 12.8 Å². The Bertz CT molecular complexity index is 290.